The van der Waals surface area contributed by atoms with Crippen molar-refractivity contribution in [2.24, 2.45) is 0 Å². The number of sulfonamides is 1. The second-order valence-corrected chi connectivity index (χ2v) is 10.9. The van der Waals surface area contributed by atoms with Gasteiger partial charge in [-0.25, -0.2) is 8.42 Å². The van der Waals surface area contributed by atoms with Crippen LogP contribution in [0.1, 0.15) is 16.7 Å². The van der Waals surface area contributed by atoms with Crippen LogP contribution >= 0.6 is 0 Å². The highest BCUT2D eigenvalue weighted by molar-refractivity contribution is 7.92. The van der Waals surface area contributed by atoms with Crippen molar-refractivity contribution in [1.29, 1.82) is 0 Å². The first kappa shape index (κ1) is 25.3. The number of carbonyl (C=O) groups is 1. The fraction of sp³-hybridized carbons (Fsp3) is 0.172. The quantitative estimate of drug-likeness (QED) is 0.376. The lowest BCUT2D eigenvalue weighted by molar-refractivity contribution is -0.122. The SMILES string of the molecule is COc1ccc(S(=O)(=O)N2C[C@H](C(=O)Nc3ccc(Cc4ccncc4)cc3)Oc3ccc(C)cc32)cc1. The lowest BCUT2D eigenvalue weighted by atomic mass is 10.1. The largest absolute Gasteiger partial charge is 0.497 e. The van der Waals surface area contributed by atoms with Crippen molar-refractivity contribution in [1.82, 2.24) is 4.98 Å². The third-order valence-corrected chi connectivity index (χ3v) is 8.10. The summed E-state index contributed by atoms with van der Waals surface area (Å²) >= 11 is 0. The van der Waals surface area contributed by atoms with Gasteiger partial charge in [0.2, 0.25) is 0 Å². The summed E-state index contributed by atoms with van der Waals surface area (Å²) in [6.07, 6.45) is 3.21. The summed E-state index contributed by atoms with van der Waals surface area (Å²) in [5, 5.41) is 2.86. The number of ether oxygens (including phenoxy) is 2. The average Bonchev–Trinajstić information content (AvgIpc) is 2.94. The number of anilines is 2. The molecule has 0 fully saturated rings. The van der Waals surface area contributed by atoms with Crippen LogP contribution in [0, 0.1) is 6.92 Å². The zero-order valence-electron chi connectivity index (χ0n) is 21.0. The number of aromatic nitrogens is 1. The molecule has 5 rings (SSSR count). The summed E-state index contributed by atoms with van der Waals surface area (Å²) in [5.41, 5.74) is 4.09. The molecule has 1 N–H and O–H groups in total. The molecule has 9 heteroatoms. The molecule has 0 unspecified atom stereocenters. The minimum Gasteiger partial charge on any atom is -0.497 e. The fourth-order valence-corrected chi connectivity index (χ4v) is 5.73. The van der Waals surface area contributed by atoms with E-state index in [2.05, 4.69) is 10.3 Å². The molecule has 0 radical (unpaired) electrons. The van der Waals surface area contributed by atoms with Crippen molar-refractivity contribution in [3.63, 3.8) is 0 Å². The van der Waals surface area contributed by atoms with Crippen LogP contribution in [0.25, 0.3) is 0 Å². The number of benzene rings is 3. The second-order valence-electron chi connectivity index (χ2n) is 9.01. The monoisotopic (exact) mass is 529 g/mol. The summed E-state index contributed by atoms with van der Waals surface area (Å²) < 4.78 is 39.7. The molecule has 1 atom stereocenters. The Balaban J connectivity index is 1.36. The zero-order valence-corrected chi connectivity index (χ0v) is 21.8. The minimum absolute atomic E-state index is 0.0941. The van der Waals surface area contributed by atoms with Crippen molar-refractivity contribution < 1.29 is 22.7 Å². The van der Waals surface area contributed by atoms with Gasteiger partial charge in [-0.05, 0) is 90.7 Å². The van der Waals surface area contributed by atoms with Crippen molar-refractivity contribution in [3.05, 3.63) is 108 Å². The van der Waals surface area contributed by atoms with Crippen molar-refractivity contribution in [2.45, 2.75) is 24.3 Å². The van der Waals surface area contributed by atoms with Crippen LogP contribution in [-0.2, 0) is 21.2 Å². The molecule has 38 heavy (non-hydrogen) atoms. The maximum atomic E-state index is 13.7. The Morgan fingerprint density at radius 3 is 2.37 bits per heavy atom. The van der Waals surface area contributed by atoms with E-state index >= 15 is 0 Å². The molecule has 0 saturated carbocycles. The number of hydrogen-bond donors (Lipinski definition) is 1. The molecule has 1 aromatic heterocycles. The molecule has 0 aliphatic carbocycles. The van der Waals surface area contributed by atoms with Crippen LogP contribution in [0.4, 0.5) is 11.4 Å². The Morgan fingerprint density at radius 2 is 1.68 bits per heavy atom. The molecule has 194 valence electrons. The van der Waals surface area contributed by atoms with Crippen LogP contribution in [-0.4, -0.2) is 39.1 Å². The minimum atomic E-state index is -3.98. The Bertz CT molecular complexity index is 1540. The lowest BCUT2D eigenvalue weighted by Gasteiger charge is -2.35. The topological polar surface area (TPSA) is 97.8 Å². The van der Waals surface area contributed by atoms with E-state index in [0.717, 1.165) is 23.1 Å². The van der Waals surface area contributed by atoms with E-state index in [0.29, 0.717) is 22.9 Å². The number of carbonyl (C=O) groups excluding carboxylic acids is 1. The third kappa shape index (κ3) is 5.33. The molecule has 2 heterocycles. The highest BCUT2D eigenvalue weighted by Gasteiger charge is 2.37. The van der Waals surface area contributed by atoms with Crippen molar-refractivity contribution >= 4 is 27.3 Å². The van der Waals surface area contributed by atoms with Crippen LogP contribution in [0.15, 0.2) is 96.2 Å². The summed E-state index contributed by atoms with van der Waals surface area (Å²) in [7, 11) is -2.46. The lowest BCUT2D eigenvalue weighted by Crippen LogP contribution is -2.48. The van der Waals surface area contributed by atoms with Gasteiger partial charge in [0.05, 0.1) is 24.2 Å². The van der Waals surface area contributed by atoms with Crippen molar-refractivity contribution in [3.8, 4) is 11.5 Å². The number of amides is 1. The smallest absolute Gasteiger partial charge is 0.267 e. The second kappa shape index (κ2) is 10.5. The standard InChI is InChI=1S/C29H27N3O5S/c1-20-3-12-27-26(17-20)32(38(34,35)25-10-8-24(36-2)9-11-25)19-28(37-27)29(33)31-23-6-4-21(5-7-23)18-22-13-15-30-16-14-22/h3-17,28H,18-19H2,1-2H3,(H,31,33)/t28-/m1/s1. The first-order valence-corrected chi connectivity index (χ1v) is 13.5. The average molecular weight is 530 g/mol. The van der Waals surface area contributed by atoms with Gasteiger partial charge in [0.25, 0.3) is 15.9 Å². The van der Waals surface area contributed by atoms with Crippen molar-refractivity contribution in [2.75, 3.05) is 23.3 Å². The first-order chi connectivity index (χ1) is 18.3. The predicted molar refractivity (Wildman–Crippen MR) is 145 cm³/mol. The van der Waals surface area contributed by atoms with Crippen LogP contribution in [0.3, 0.4) is 0 Å². The van der Waals surface area contributed by atoms with E-state index in [1.807, 2.05) is 49.4 Å². The van der Waals surface area contributed by atoms with Gasteiger partial charge in [-0.3, -0.25) is 14.1 Å². The number of aryl methyl sites for hydroxylation is 1. The van der Waals surface area contributed by atoms with Gasteiger partial charge in [-0.15, -0.1) is 0 Å². The predicted octanol–water partition coefficient (Wildman–Crippen LogP) is 4.58. The molecule has 0 spiro atoms. The molecule has 1 amide bonds. The molecular formula is C29H27N3O5S. The normalized spacial score (nSPS) is 14.8. The summed E-state index contributed by atoms with van der Waals surface area (Å²) in [5.74, 6) is 0.436. The van der Waals surface area contributed by atoms with E-state index < -0.39 is 22.0 Å². The zero-order chi connectivity index (χ0) is 26.7. The van der Waals surface area contributed by atoms with E-state index in [1.54, 1.807) is 36.7 Å². The number of fused-ring (bicyclic) bond motifs is 1. The Kier molecular flexibility index (Phi) is 7.02. The summed E-state index contributed by atoms with van der Waals surface area (Å²) in [6, 6.07) is 22.8. The number of nitrogens with one attached hydrogen (secondary N) is 1. The molecule has 4 aromatic rings. The number of hydrogen-bond acceptors (Lipinski definition) is 6. The van der Waals surface area contributed by atoms with E-state index in [4.69, 9.17) is 9.47 Å². The van der Waals surface area contributed by atoms with Crippen LogP contribution in [0.2, 0.25) is 0 Å². The highest BCUT2D eigenvalue weighted by Crippen LogP contribution is 2.38. The van der Waals surface area contributed by atoms with Gasteiger partial charge in [0.1, 0.15) is 11.5 Å². The number of rotatable bonds is 7. The Hall–Kier alpha value is -4.37. The maximum absolute atomic E-state index is 13.7. The van der Waals surface area contributed by atoms with Gasteiger partial charge in [-0.1, -0.05) is 18.2 Å². The van der Waals surface area contributed by atoms with Crippen LogP contribution < -0.4 is 19.1 Å². The highest BCUT2D eigenvalue weighted by atomic mass is 32.2. The van der Waals surface area contributed by atoms with Gasteiger partial charge in [0.15, 0.2) is 6.10 Å². The fourth-order valence-electron chi connectivity index (χ4n) is 4.27. The molecule has 1 aliphatic heterocycles. The maximum Gasteiger partial charge on any atom is 0.267 e. The number of nitrogens with zero attached hydrogens (tertiary/aromatic N) is 2. The molecule has 0 bridgehead atoms. The summed E-state index contributed by atoms with van der Waals surface area (Å²) in [6.45, 7) is 1.70. The van der Waals surface area contributed by atoms with Gasteiger partial charge in [0, 0.05) is 18.1 Å². The molecular weight excluding hydrogens is 502 g/mol. The van der Waals surface area contributed by atoms with E-state index in [9.17, 15) is 13.2 Å². The number of pyridine rings is 1. The molecule has 3 aromatic carbocycles. The summed E-state index contributed by atoms with van der Waals surface area (Å²) in [4.78, 5) is 17.4. The third-order valence-electron chi connectivity index (χ3n) is 6.30. The van der Waals surface area contributed by atoms with Gasteiger partial charge < -0.3 is 14.8 Å². The van der Waals surface area contributed by atoms with E-state index in [1.165, 1.54) is 23.5 Å². The molecule has 0 saturated heterocycles. The first-order valence-electron chi connectivity index (χ1n) is 12.1. The van der Waals surface area contributed by atoms with Crippen LogP contribution in [0.5, 0.6) is 11.5 Å². The number of methoxy groups -OCH3 is 1. The Morgan fingerprint density at radius 1 is 1.00 bits per heavy atom. The Labute approximate surface area is 221 Å². The molecule has 8 nitrogen and oxygen atoms in total. The molecule has 1 aliphatic rings. The van der Waals surface area contributed by atoms with Gasteiger partial charge >= 0.3 is 0 Å². The van der Waals surface area contributed by atoms with E-state index in [-0.39, 0.29) is 11.4 Å². The van der Waals surface area contributed by atoms with Gasteiger partial charge in [-0.2, -0.15) is 0 Å².